The van der Waals surface area contributed by atoms with E-state index < -0.39 is 0 Å². The Kier molecular flexibility index (Phi) is 7.80. The van der Waals surface area contributed by atoms with Crippen LogP contribution in [0.4, 0.5) is 0 Å². The van der Waals surface area contributed by atoms with Crippen LogP contribution in [0.25, 0.3) is 0 Å². The van der Waals surface area contributed by atoms with Crippen LogP contribution in [-0.2, 0) is 6.54 Å². The van der Waals surface area contributed by atoms with Gasteiger partial charge in [-0.2, -0.15) is 5.10 Å². The van der Waals surface area contributed by atoms with Gasteiger partial charge in [0.2, 0.25) is 0 Å². The van der Waals surface area contributed by atoms with Gasteiger partial charge < -0.3 is 10.2 Å². The summed E-state index contributed by atoms with van der Waals surface area (Å²) in [6.07, 6.45) is 9.38. The third-order valence-corrected chi connectivity index (χ3v) is 4.97. The van der Waals surface area contributed by atoms with E-state index in [9.17, 15) is 0 Å². The van der Waals surface area contributed by atoms with Crippen molar-refractivity contribution in [2.45, 2.75) is 45.2 Å². The summed E-state index contributed by atoms with van der Waals surface area (Å²) >= 11 is 0. The van der Waals surface area contributed by atoms with Crippen molar-refractivity contribution in [2.75, 3.05) is 39.8 Å². The molecule has 0 bridgehead atoms. The summed E-state index contributed by atoms with van der Waals surface area (Å²) in [5, 5.41) is 7.81. The molecule has 0 spiro atoms. The van der Waals surface area contributed by atoms with E-state index >= 15 is 0 Å². The van der Waals surface area contributed by atoms with Crippen LogP contribution in [0, 0.1) is 6.92 Å². The summed E-state index contributed by atoms with van der Waals surface area (Å²) in [7, 11) is 1.88. The Morgan fingerprint density at radius 3 is 2.75 bits per heavy atom. The number of hydrogen-bond acceptors (Lipinski definition) is 3. The molecule has 1 unspecified atom stereocenters. The number of nitrogens with one attached hydrogen (secondary N) is 1. The number of guanidine groups is 1. The molecule has 1 aromatic rings. The molecule has 3 rings (SSSR count). The molecule has 2 aliphatic rings. The van der Waals surface area contributed by atoms with Gasteiger partial charge in [-0.25, -0.2) is 0 Å². The Balaban J connectivity index is 0.00000208. The molecule has 7 heteroatoms. The maximum atomic E-state index is 4.47. The number of aliphatic imine (C=N–C) groups is 1. The second-order valence-corrected chi connectivity index (χ2v) is 6.74. The Labute approximate surface area is 162 Å². The summed E-state index contributed by atoms with van der Waals surface area (Å²) in [5.74, 6) is 1.04. The Hall–Kier alpha value is -0.830. The molecule has 2 saturated heterocycles. The smallest absolute Gasteiger partial charge is 0.193 e. The predicted octanol–water partition coefficient (Wildman–Crippen LogP) is 1.95. The van der Waals surface area contributed by atoms with Gasteiger partial charge in [0.05, 0.1) is 12.7 Å². The number of aryl methyl sites for hydroxylation is 1. The zero-order valence-electron chi connectivity index (χ0n) is 14.9. The van der Waals surface area contributed by atoms with Crippen LogP contribution >= 0.6 is 24.0 Å². The first-order valence-corrected chi connectivity index (χ1v) is 8.95. The maximum Gasteiger partial charge on any atom is 0.193 e. The number of rotatable bonds is 4. The Morgan fingerprint density at radius 2 is 2.08 bits per heavy atom. The average molecular weight is 446 g/mol. The van der Waals surface area contributed by atoms with Crippen LogP contribution in [0.1, 0.15) is 31.2 Å². The lowest BCUT2D eigenvalue weighted by atomic mass is 10.1. The minimum atomic E-state index is 0. The normalized spacial score (nSPS) is 22.5. The first kappa shape index (κ1) is 19.5. The van der Waals surface area contributed by atoms with E-state index in [2.05, 4.69) is 38.3 Å². The van der Waals surface area contributed by atoms with Gasteiger partial charge in [-0.1, -0.05) is 6.42 Å². The van der Waals surface area contributed by atoms with Crippen LogP contribution < -0.4 is 5.32 Å². The lowest BCUT2D eigenvalue weighted by Crippen LogP contribution is -2.45. The van der Waals surface area contributed by atoms with E-state index in [4.69, 9.17) is 0 Å². The van der Waals surface area contributed by atoms with E-state index in [0.717, 1.165) is 32.1 Å². The van der Waals surface area contributed by atoms with Crippen molar-refractivity contribution in [3.63, 3.8) is 0 Å². The average Bonchev–Trinajstić information content (AvgIpc) is 3.22. The summed E-state index contributed by atoms with van der Waals surface area (Å²) in [6, 6.07) is 0.711. The fourth-order valence-corrected chi connectivity index (χ4v) is 3.72. The van der Waals surface area contributed by atoms with Crippen molar-refractivity contribution < 1.29 is 0 Å². The fraction of sp³-hybridized carbons (Fsp3) is 0.765. The van der Waals surface area contributed by atoms with E-state index in [1.165, 1.54) is 44.3 Å². The maximum absolute atomic E-state index is 4.47. The summed E-state index contributed by atoms with van der Waals surface area (Å²) in [6.45, 7) is 8.59. The molecule has 1 atom stereocenters. The van der Waals surface area contributed by atoms with Crippen LogP contribution in [0.2, 0.25) is 0 Å². The van der Waals surface area contributed by atoms with Crippen molar-refractivity contribution in [2.24, 2.45) is 4.99 Å². The SMILES string of the molecule is CN=C(NCCn1cc(C)cn1)N1CCC(N2CCCCC2)C1.I. The van der Waals surface area contributed by atoms with Crippen molar-refractivity contribution in [3.8, 4) is 0 Å². The highest BCUT2D eigenvalue weighted by atomic mass is 127. The standard InChI is InChI=1S/C17H30N6.HI/c1-15-12-20-23(13-15)11-7-19-17(18-2)22-10-6-16(14-22)21-8-4-3-5-9-21;/h12-13,16H,3-11,14H2,1-2H3,(H,18,19);1H. The molecule has 2 aliphatic heterocycles. The quantitative estimate of drug-likeness (QED) is 0.437. The number of likely N-dealkylation sites (tertiary alicyclic amines) is 2. The van der Waals surface area contributed by atoms with Gasteiger partial charge in [-0.05, 0) is 44.8 Å². The second kappa shape index (κ2) is 9.60. The zero-order valence-corrected chi connectivity index (χ0v) is 17.3. The van der Waals surface area contributed by atoms with Crippen LogP contribution in [-0.4, -0.2) is 71.4 Å². The van der Waals surface area contributed by atoms with E-state index in [-0.39, 0.29) is 24.0 Å². The van der Waals surface area contributed by atoms with Gasteiger partial charge in [0.25, 0.3) is 0 Å². The lowest BCUT2D eigenvalue weighted by Gasteiger charge is -2.32. The van der Waals surface area contributed by atoms with Gasteiger partial charge in [-0.3, -0.25) is 14.6 Å². The first-order valence-electron chi connectivity index (χ1n) is 8.95. The van der Waals surface area contributed by atoms with Crippen molar-refractivity contribution in [1.82, 2.24) is 24.9 Å². The van der Waals surface area contributed by atoms with Gasteiger partial charge in [0, 0.05) is 38.9 Å². The highest BCUT2D eigenvalue weighted by Gasteiger charge is 2.29. The highest BCUT2D eigenvalue weighted by molar-refractivity contribution is 14.0. The van der Waals surface area contributed by atoms with E-state index in [1.54, 1.807) is 0 Å². The molecule has 0 saturated carbocycles. The number of halogens is 1. The molecular formula is C17H31IN6. The molecule has 0 aromatic carbocycles. The number of hydrogen-bond donors (Lipinski definition) is 1. The number of aromatic nitrogens is 2. The molecule has 0 radical (unpaired) electrons. The van der Waals surface area contributed by atoms with Gasteiger partial charge >= 0.3 is 0 Å². The van der Waals surface area contributed by atoms with Gasteiger partial charge in [-0.15, -0.1) is 24.0 Å². The predicted molar refractivity (Wildman–Crippen MR) is 109 cm³/mol. The molecule has 136 valence electrons. The Morgan fingerprint density at radius 1 is 1.29 bits per heavy atom. The molecule has 1 N–H and O–H groups in total. The summed E-state index contributed by atoms with van der Waals surface area (Å²) in [5.41, 5.74) is 1.21. The zero-order chi connectivity index (χ0) is 16.1. The van der Waals surface area contributed by atoms with Crippen LogP contribution in [0.15, 0.2) is 17.4 Å². The highest BCUT2D eigenvalue weighted by Crippen LogP contribution is 2.20. The molecule has 24 heavy (non-hydrogen) atoms. The van der Waals surface area contributed by atoms with Gasteiger partial charge in [0.1, 0.15) is 0 Å². The van der Waals surface area contributed by atoms with Gasteiger partial charge in [0.15, 0.2) is 5.96 Å². The third kappa shape index (κ3) is 5.08. The summed E-state index contributed by atoms with van der Waals surface area (Å²) < 4.78 is 1.98. The third-order valence-electron chi connectivity index (χ3n) is 4.97. The second-order valence-electron chi connectivity index (χ2n) is 6.74. The number of nitrogens with zero attached hydrogens (tertiary/aromatic N) is 5. The molecule has 1 aromatic heterocycles. The molecule has 6 nitrogen and oxygen atoms in total. The van der Waals surface area contributed by atoms with E-state index in [0.29, 0.717) is 6.04 Å². The summed E-state index contributed by atoms with van der Waals surface area (Å²) in [4.78, 5) is 9.56. The van der Waals surface area contributed by atoms with Crippen molar-refractivity contribution in [1.29, 1.82) is 0 Å². The molecule has 0 amide bonds. The minimum absolute atomic E-state index is 0. The largest absolute Gasteiger partial charge is 0.354 e. The topological polar surface area (TPSA) is 48.7 Å². The van der Waals surface area contributed by atoms with Crippen molar-refractivity contribution in [3.05, 3.63) is 18.0 Å². The molecule has 0 aliphatic carbocycles. The molecule has 2 fully saturated rings. The number of piperidine rings is 1. The molecular weight excluding hydrogens is 415 g/mol. The molecule has 3 heterocycles. The van der Waals surface area contributed by atoms with Crippen LogP contribution in [0.3, 0.4) is 0 Å². The fourth-order valence-electron chi connectivity index (χ4n) is 3.72. The minimum Gasteiger partial charge on any atom is -0.354 e. The Bertz CT molecular complexity index is 523. The van der Waals surface area contributed by atoms with Crippen molar-refractivity contribution >= 4 is 29.9 Å². The first-order chi connectivity index (χ1) is 11.3. The van der Waals surface area contributed by atoms with Crippen LogP contribution in [0.5, 0.6) is 0 Å². The monoisotopic (exact) mass is 446 g/mol. The van der Waals surface area contributed by atoms with E-state index in [1.807, 2.05) is 17.9 Å². The lowest BCUT2D eigenvalue weighted by molar-refractivity contribution is 0.168.